The van der Waals surface area contributed by atoms with Crippen LogP contribution in [0, 0.1) is 13.8 Å². The molecule has 1 atom stereocenters. The molecule has 0 fully saturated rings. The summed E-state index contributed by atoms with van der Waals surface area (Å²) in [6, 6.07) is 23.1. The maximum atomic E-state index is 12.8. The van der Waals surface area contributed by atoms with Crippen LogP contribution in [0.25, 0.3) is 11.3 Å². The Morgan fingerprint density at radius 1 is 0.912 bits per heavy atom. The second-order valence-electron chi connectivity index (χ2n) is 8.00. The minimum Gasteiger partial charge on any atom is -0.322 e. The van der Waals surface area contributed by atoms with Gasteiger partial charge in [0, 0.05) is 27.1 Å². The molecule has 34 heavy (non-hydrogen) atoms. The van der Waals surface area contributed by atoms with Gasteiger partial charge >= 0.3 is 0 Å². The van der Waals surface area contributed by atoms with Crippen molar-refractivity contribution in [2.75, 3.05) is 10.6 Å². The fraction of sp³-hybridized carbons (Fsp3) is 0.148. The lowest BCUT2D eigenvalue weighted by Crippen LogP contribution is -2.22. The largest absolute Gasteiger partial charge is 0.322 e. The van der Waals surface area contributed by atoms with Crippen molar-refractivity contribution in [2.45, 2.75) is 30.9 Å². The van der Waals surface area contributed by atoms with E-state index in [1.807, 2.05) is 92.9 Å². The molecule has 3 aromatic carbocycles. The Morgan fingerprint density at radius 3 is 2.44 bits per heavy atom. The summed E-state index contributed by atoms with van der Waals surface area (Å²) in [6.45, 7) is 5.85. The molecule has 2 amide bonds. The number of benzene rings is 3. The van der Waals surface area contributed by atoms with Crippen molar-refractivity contribution in [1.82, 2.24) is 4.98 Å². The lowest BCUT2D eigenvalue weighted by Gasteiger charge is -2.12. The third-order valence-electron chi connectivity index (χ3n) is 5.14. The van der Waals surface area contributed by atoms with Gasteiger partial charge in [0.25, 0.3) is 5.91 Å². The number of rotatable bonds is 7. The van der Waals surface area contributed by atoms with Gasteiger partial charge in [0.2, 0.25) is 5.91 Å². The molecule has 0 aliphatic carbocycles. The summed E-state index contributed by atoms with van der Waals surface area (Å²) in [4.78, 5) is 30.7. The van der Waals surface area contributed by atoms with E-state index in [4.69, 9.17) is 0 Å². The Bertz CT molecular complexity index is 1320. The maximum absolute atomic E-state index is 12.8. The van der Waals surface area contributed by atoms with Crippen LogP contribution in [0.2, 0.25) is 0 Å². The van der Waals surface area contributed by atoms with Crippen molar-refractivity contribution in [1.29, 1.82) is 0 Å². The van der Waals surface area contributed by atoms with Crippen molar-refractivity contribution in [3.63, 3.8) is 0 Å². The van der Waals surface area contributed by atoms with E-state index in [2.05, 4.69) is 15.6 Å². The molecule has 0 aliphatic rings. The van der Waals surface area contributed by atoms with E-state index in [-0.39, 0.29) is 17.1 Å². The van der Waals surface area contributed by atoms with Gasteiger partial charge in [-0.1, -0.05) is 53.6 Å². The summed E-state index contributed by atoms with van der Waals surface area (Å²) >= 11 is 2.84. The summed E-state index contributed by atoms with van der Waals surface area (Å²) in [6.07, 6.45) is 0. The molecule has 0 saturated carbocycles. The Balaban J connectivity index is 1.36. The average molecular weight is 488 g/mol. The second-order valence-corrected chi connectivity index (χ2v) is 10.3. The molecule has 4 rings (SSSR count). The standard InChI is InChI=1S/C27H25N3O2S2/c1-17-10-12-20(13-11-17)24-16-33-27(29-24)30-25(31)19(3)34-23-9-5-8-22(15-23)28-26(32)21-7-4-6-18(2)14-21/h4-16,19H,1-3H3,(H,28,32)(H,29,30,31). The Kier molecular flexibility index (Phi) is 7.45. The first kappa shape index (κ1) is 23.7. The minimum atomic E-state index is -0.338. The minimum absolute atomic E-state index is 0.121. The van der Waals surface area contributed by atoms with Crippen molar-refractivity contribution in [2.24, 2.45) is 0 Å². The fourth-order valence-electron chi connectivity index (χ4n) is 3.29. The zero-order valence-electron chi connectivity index (χ0n) is 19.2. The van der Waals surface area contributed by atoms with E-state index in [0.29, 0.717) is 16.4 Å². The predicted molar refractivity (Wildman–Crippen MR) is 142 cm³/mol. The van der Waals surface area contributed by atoms with Crippen LogP contribution in [0.3, 0.4) is 0 Å². The lowest BCUT2D eigenvalue weighted by atomic mass is 10.1. The number of amides is 2. The molecule has 0 aliphatic heterocycles. The second kappa shape index (κ2) is 10.7. The molecule has 2 N–H and O–H groups in total. The van der Waals surface area contributed by atoms with E-state index < -0.39 is 0 Å². The molecule has 1 unspecified atom stereocenters. The molecule has 7 heteroatoms. The molecular formula is C27H25N3O2S2. The quantitative estimate of drug-likeness (QED) is 0.281. The summed E-state index contributed by atoms with van der Waals surface area (Å²) in [5, 5.41) is 8.02. The number of nitrogens with zero attached hydrogens (tertiary/aromatic N) is 1. The first-order valence-electron chi connectivity index (χ1n) is 10.9. The summed E-state index contributed by atoms with van der Waals surface area (Å²) in [5.41, 5.74) is 5.39. The topological polar surface area (TPSA) is 71.1 Å². The van der Waals surface area contributed by atoms with Gasteiger partial charge in [-0.15, -0.1) is 23.1 Å². The highest BCUT2D eigenvalue weighted by atomic mass is 32.2. The van der Waals surface area contributed by atoms with E-state index in [0.717, 1.165) is 21.7 Å². The number of nitrogens with one attached hydrogen (secondary N) is 2. The van der Waals surface area contributed by atoms with Crippen LogP contribution in [-0.4, -0.2) is 22.0 Å². The van der Waals surface area contributed by atoms with Gasteiger partial charge in [-0.3, -0.25) is 9.59 Å². The molecule has 0 spiro atoms. The van der Waals surface area contributed by atoms with Crippen LogP contribution in [0.15, 0.2) is 83.1 Å². The number of aromatic nitrogens is 1. The van der Waals surface area contributed by atoms with Crippen molar-refractivity contribution >= 4 is 45.7 Å². The number of hydrogen-bond donors (Lipinski definition) is 2. The van der Waals surface area contributed by atoms with E-state index in [1.54, 1.807) is 6.07 Å². The Hall–Kier alpha value is -3.42. The van der Waals surface area contributed by atoms with Gasteiger partial charge < -0.3 is 10.6 Å². The van der Waals surface area contributed by atoms with Crippen LogP contribution in [0.1, 0.15) is 28.4 Å². The molecule has 4 aromatic rings. The maximum Gasteiger partial charge on any atom is 0.255 e. The summed E-state index contributed by atoms with van der Waals surface area (Å²) < 4.78 is 0. The van der Waals surface area contributed by atoms with Crippen LogP contribution in [0.5, 0.6) is 0 Å². The molecule has 0 radical (unpaired) electrons. The van der Waals surface area contributed by atoms with E-state index in [9.17, 15) is 9.59 Å². The van der Waals surface area contributed by atoms with Gasteiger partial charge in [-0.25, -0.2) is 4.98 Å². The normalized spacial score (nSPS) is 11.6. The predicted octanol–water partition coefficient (Wildman–Crippen LogP) is 6.80. The number of aryl methyl sites for hydroxylation is 2. The van der Waals surface area contributed by atoms with Gasteiger partial charge in [0.15, 0.2) is 5.13 Å². The van der Waals surface area contributed by atoms with Gasteiger partial charge in [0.1, 0.15) is 0 Å². The highest BCUT2D eigenvalue weighted by molar-refractivity contribution is 8.00. The number of thiazole rings is 1. The molecular weight excluding hydrogens is 462 g/mol. The van der Waals surface area contributed by atoms with Gasteiger partial charge in [-0.05, 0) is 51.1 Å². The fourth-order valence-corrected chi connectivity index (χ4v) is 4.94. The average Bonchev–Trinajstić information content (AvgIpc) is 3.28. The Morgan fingerprint density at radius 2 is 1.68 bits per heavy atom. The first-order chi connectivity index (χ1) is 16.4. The van der Waals surface area contributed by atoms with Gasteiger partial charge in [-0.2, -0.15) is 0 Å². The van der Waals surface area contributed by atoms with Gasteiger partial charge in [0.05, 0.1) is 10.9 Å². The zero-order chi connectivity index (χ0) is 24.1. The van der Waals surface area contributed by atoms with Crippen molar-refractivity contribution in [3.05, 3.63) is 94.9 Å². The molecule has 5 nitrogen and oxygen atoms in total. The van der Waals surface area contributed by atoms with Crippen LogP contribution in [0.4, 0.5) is 10.8 Å². The smallest absolute Gasteiger partial charge is 0.255 e. The van der Waals surface area contributed by atoms with Crippen LogP contribution < -0.4 is 10.6 Å². The molecule has 1 heterocycles. The van der Waals surface area contributed by atoms with E-state index >= 15 is 0 Å². The molecule has 0 saturated heterocycles. The number of carbonyl (C=O) groups excluding carboxylic acids is 2. The third-order valence-corrected chi connectivity index (χ3v) is 6.99. The molecule has 172 valence electrons. The first-order valence-corrected chi connectivity index (χ1v) is 12.6. The van der Waals surface area contributed by atoms with Crippen molar-refractivity contribution in [3.8, 4) is 11.3 Å². The molecule has 0 bridgehead atoms. The van der Waals surface area contributed by atoms with Crippen molar-refractivity contribution < 1.29 is 9.59 Å². The number of hydrogen-bond acceptors (Lipinski definition) is 5. The highest BCUT2D eigenvalue weighted by Crippen LogP contribution is 2.29. The van der Waals surface area contributed by atoms with E-state index in [1.165, 1.54) is 28.7 Å². The third kappa shape index (κ3) is 6.12. The number of anilines is 2. The number of thioether (sulfide) groups is 1. The van der Waals surface area contributed by atoms with Crippen LogP contribution >= 0.6 is 23.1 Å². The summed E-state index contributed by atoms with van der Waals surface area (Å²) in [7, 11) is 0. The summed E-state index contributed by atoms with van der Waals surface area (Å²) in [5.74, 6) is -0.284. The highest BCUT2D eigenvalue weighted by Gasteiger charge is 2.17. The zero-order valence-corrected chi connectivity index (χ0v) is 20.8. The monoisotopic (exact) mass is 487 g/mol. The molecule has 1 aromatic heterocycles. The SMILES string of the molecule is Cc1ccc(-c2csc(NC(=O)C(C)Sc3cccc(NC(=O)c4cccc(C)c4)c3)n2)cc1. The number of carbonyl (C=O) groups is 2. The van der Waals surface area contributed by atoms with Crippen LogP contribution in [-0.2, 0) is 4.79 Å². The lowest BCUT2D eigenvalue weighted by molar-refractivity contribution is -0.115. The Labute approximate surface area is 207 Å².